The zero-order valence-corrected chi connectivity index (χ0v) is 13.0. The Morgan fingerprint density at radius 1 is 1.25 bits per heavy atom. The SMILES string of the molecule is CCCCN(C(=O)CCC(C)N)C(C)c1ccccc1. The third-order valence-electron chi connectivity index (χ3n) is 3.64. The van der Waals surface area contributed by atoms with Gasteiger partial charge in [-0.15, -0.1) is 0 Å². The predicted octanol–water partition coefficient (Wildman–Crippen LogP) is 3.50. The molecule has 112 valence electrons. The fraction of sp³-hybridized carbons (Fsp3) is 0.588. The molecule has 0 spiro atoms. The summed E-state index contributed by atoms with van der Waals surface area (Å²) in [6.45, 7) is 7.03. The van der Waals surface area contributed by atoms with Crippen LogP contribution in [0.5, 0.6) is 0 Å². The summed E-state index contributed by atoms with van der Waals surface area (Å²) in [5.41, 5.74) is 6.95. The molecule has 0 heterocycles. The van der Waals surface area contributed by atoms with Gasteiger partial charge in [-0.25, -0.2) is 0 Å². The maximum absolute atomic E-state index is 12.4. The van der Waals surface area contributed by atoms with Gasteiger partial charge >= 0.3 is 0 Å². The largest absolute Gasteiger partial charge is 0.336 e. The smallest absolute Gasteiger partial charge is 0.223 e. The molecule has 0 aliphatic carbocycles. The van der Waals surface area contributed by atoms with Crippen LogP contribution in [0.25, 0.3) is 0 Å². The Morgan fingerprint density at radius 2 is 1.90 bits per heavy atom. The topological polar surface area (TPSA) is 46.3 Å². The van der Waals surface area contributed by atoms with Crippen LogP contribution < -0.4 is 5.73 Å². The van der Waals surface area contributed by atoms with Gasteiger partial charge < -0.3 is 10.6 Å². The highest BCUT2D eigenvalue weighted by atomic mass is 16.2. The minimum atomic E-state index is 0.0824. The van der Waals surface area contributed by atoms with Crippen molar-refractivity contribution < 1.29 is 4.79 Å². The number of amides is 1. The highest BCUT2D eigenvalue weighted by Gasteiger charge is 2.20. The Labute approximate surface area is 123 Å². The van der Waals surface area contributed by atoms with Crippen LogP contribution in [0.15, 0.2) is 30.3 Å². The van der Waals surface area contributed by atoms with Gasteiger partial charge in [0.15, 0.2) is 0 Å². The predicted molar refractivity (Wildman–Crippen MR) is 84.4 cm³/mol. The highest BCUT2D eigenvalue weighted by Crippen LogP contribution is 2.21. The molecular formula is C17H28N2O. The van der Waals surface area contributed by atoms with Crippen LogP contribution in [0.2, 0.25) is 0 Å². The molecule has 3 nitrogen and oxygen atoms in total. The molecular weight excluding hydrogens is 248 g/mol. The number of unbranched alkanes of at least 4 members (excludes halogenated alkanes) is 1. The summed E-state index contributed by atoms with van der Waals surface area (Å²) in [6, 6.07) is 10.4. The van der Waals surface area contributed by atoms with E-state index in [0.717, 1.165) is 25.8 Å². The third-order valence-corrected chi connectivity index (χ3v) is 3.64. The van der Waals surface area contributed by atoms with Gasteiger partial charge in [0.05, 0.1) is 6.04 Å². The molecule has 0 saturated heterocycles. The highest BCUT2D eigenvalue weighted by molar-refractivity contribution is 5.76. The lowest BCUT2D eigenvalue weighted by atomic mass is 10.1. The van der Waals surface area contributed by atoms with Gasteiger partial charge in [0.25, 0.3) is 0 Å². The number of hydrogen-bond acceptors (Lipinski definition) is 2. The zero-order chi connectivity index (χ0) is 15.0. The summed E-state index contributed by atoms with van der Waals surface area (Å²) in [5, 5.41) is 0. The molecule has 0 bridgehead atoms. The molecule has 1 aromatic carbocycles. The summed E-state index contributed by atoms with van der Waals surface area (Å²) in [5.74, 6) is 0.215. The fourth-order valence-corrected chi connectivity index (χ4v) is 2.27. The molecule has 1 aromatic rings. The van der Waals surface area contributed by atoms with Gasteiger partial charge in [0, 0.05) is 19.0 Å². The van der Waals surface area contributed by atoms with E-state index in [4.69, 9.17) is 5.73 Å². The zero-order valence-electron chi connectivity index (χ0n) is 13.0. The van der Waals surface area contributed by atoms with Crippen molar-refractivity contribution in [2.45, 2.75) is 58.5 Å². The van der Waals surface area contributed by atoms with Crippen molar-refractivity contribution in [3.8, 4) is 0 Å². The Balaban J connectivity index is 2.74. The van der Waals surface area contributed by atoms with Gasteiger partial charge in [-0.3, -0.25) is 4.79 Å². The summed E-state index contributed by atoms with van der Waals surface area (Å²) in [7, 11) is 0. The molecule has 0 aliphatic rings. The minimum Gasteiger partial charge on any atom is -0.336 e. The minimum absolute atomic E-state index is 0.0824. The van der Waals surface area contributed by atoms with Crippen LogP contribution in [0, 0.1) is 0 Å². The second-order valence-corrected chi connectivity index (χ2v) is 5.54. The molecule has 2 N–H and O–H groups in total. The Morgan fingerprint density at radius 3 is 2.45 bits per heavy atom. The first-order valence-corrected chi connectivity index (χ1v) is 7.66. The molecule has 0 radical (unpaired) electrons. The van der Waals surface area contributed by atoms with E-state index in [1.54, 1.807) is 0 Å². The van der Waals surface area contributed by atoms with Crippen LogP contribution in [0.3, 0.4) is 0 Å². The monoisotopic (exact) mass is 276 g/mol. The molecule has 2 unspecified atom stereocenters. The van der Waals surface area contributed by atoms with Crippen molar-refractivity contribution in [2.24, 2.45) is 5.73 Å². The van der Waals surface area contributed by atoms with Crippen molar-refractivity contribution in [2.75, 3.05) is 6.54 Å². The van der Waals surface area contributed by atoms with Gasteiger partial charge in [0.1, 0.15) is 0 Å². The van der Waals surface area contributed by atoms with Gasteiger partial charge in [0.2, 0.25) is 5.91 Å². The van der Waals surface area contributed by atoms with E-state index in [1.165, 1.54) is 5.56 Å². The Hall–Kier alpha value is -1.35. The van der Waals surface area contributed by atoms with Crippen molar-refractivity contribution in [3.63, 3.8) is 0 Å². The number of nitrogens with zero attached hydrogens (tertiary/aromatic N) is 1. The van der Waals surface area contributed by atoms with E-state index in [1.807, 2.05) is 30.0 Å². The van der Waals surface area contributed by atoms with Gasteiger partial charge in [-0.1, -0.05) is 43.7 Å². The number of hydrogen-bond donors (Lipinski definition) is 1. The van der Waals surface area contributed by atoms with Crippen LogP contribution in [0.1, 0.15) is 58.1 Å². The lowest BCUT2D eigenvalue weighted by molar-refractivity contribution is -0.133. The Bertz CT molecular complexity index is 389. The first-order valence-electron chi connectivity index (χ1n) is 7.66. The second kappa shape index (κ2) is 8.75. The van der Waals surface area contributed by atoms with Crippen LogP contribution in [-0.4, -0.2) is 23.4 Å². The van der Waals surface area contributed by atoms with Gasteiger partial charge in [-0.2, -0.15) is 0 Å². The van der Waals surface area contributed by atoms with Crippen LogP contribution in [0.4, 0.5) is 0 Å². The fourth-order valence-electron chi connectivity index (χ4n) is 2.27. The van der Waals surface area contributed by atoms with Crippen molar-refractivity contribution in [3.05, 3.63) is 35.9 Å². The van der Waals surface area contributed by atoms with E-state index in [-0.39, 0.29) is 18.0 Å². The standard InChI is InChI=1S/C17H28N2O/c1-4-5-13-19(17(20)12-11-14(2)18)15(3)16-9-7-6-8-10-16/h6-10,14-15H,4-5,11-13,18H2,1-3H3. The lowest BCUT2D eigenvalue weighted by Crippen LogP contribution is -2.35. The quantitative estimate of drug-likeness (QED) is 0.790. The molecule has 1 amide bonds. The Kier molecular flexibility index (Phi) is 7.31. The molecule has 0 fully saturated rings. The first kappa shape index (κ1) is 16.7. The lowest BCUT2D eigenvalue weighted by Gasteiger charge is -2.30. The molecule has 20 heavy (non-hydrogen) atoms. The number of rotatable bonds is 8. The second-order valence-electron chi connectivity index (χ2n) is 5.54. The van der Waals surface area contributed by atoms with Gasteiger partial charge in [-0.05, 0) is 32.3 Å². The van der Waals surface area contributed by atoms with Crippen molar-refractivity contribution in [1.82, 2.24) is 4.90 Å². The van der Waals surface area contributed by atoms with Crippen molar-refractivity contribution in [1.29, 1.82) is 0 Å². The normalized spacial score (nSPS) is 13.8. The summed E-state index contributed by atoms with van der Waals surface area (Å²) in [6.07, 6.45) is 3.43. The first-order chi connectivity index (χ1) is 9.56. The third kappa shape index (κ3) is 5.33. The van der Waals surface area contributed by atoms with E-state index >= 15 is 0 Å². The van der Waals surface area contributed by atoms with Crippen LogP contribution in [-0.2, 0) is 4.79 Å². The number of carbonyl (C=O) groups excluding carboxylic acids is 1. The molecule has 1 rings (SSSR count). The number of nitrogens with two attached hydrogens (primary N) is 1. The molecule has 2 atom stereocenters. The van der Waals surface area contributed by atoms with Crippen molar-refractivity contribution >= 4 is 5.91 Å². The summed E-state index contributed by atoms with van der Waals surface area (Å²) < 4.78 is 0. The maximum atomic E-state index is 12.4. The van der Waals surface area contributed by atoms with E-state index in [2.05, 4.69) is 26.0 Å². The summed E-state index contributed by atoms with van der Waals surface area (Å²) >= 11 is 0. The van der Waals surface area contributed by atoms with E-state index < -0.39 is 0 Å². The average Bonchev–Trinajstić information content (AvgIpc) is 2.46. The van der Waals surface area contributed by atoms with E-state index in [0.29, 0.717) is 6.42 Å². The number of carbonyl (C=O) groups is 1. The molecule has 0 aromatic heterocycles. The maximum Gasteiger partial charge on any atom is 0.223 e. The van der Waals surface area contributed by atoms with Crippen LogP contribution >= 0.6 is 0 Å². The average molecular weight is 276 g/mol. The molecule has 0 saturated carbocycles. The van der Waals surface area contributed by atoms with E-state index in [9.17, 15) is 4.79 Å². The summed E-state index contributed by atoms with van der Waals surface area (Å²) in [4.78, 5) is 14.4. The molecule has 0 aliphatic heterocycles. The molecule has 3 heteroatoms. The number of benzene rings is 1.